The van der Waals surface area contributed by atoms with E-state index in [-0.39, 0.29) is 11.9 Å². The SMILES string of the molecule is COc1ncccc1[C@H]1CCCCN1C(C)=O. The van der Waals surface area contributed by atoms with Crippen molar-refractivity contribution in [2.75, 3.05) is 13.7 Å². The predicted molar refractivity (Wildman–Crippen MR) is 64.8 cm³/mol. The first-order chi connectivity index (χ1) is 8.24. The van der Waals surface area contributed by atoms with Crippen LogP contribution in [-0.4, -0.2) is 29.4 Å². The number of carbonyl (C=O) groups excluding carboxylic acids is 1. The van der Waals surface area contributed by atoms with Gasteiger partial charge in [-0.1, -0.05) is 6.07 Å². The van der Waals surface area contributed by atoms with E-state index in [1.807, 2.05) is 17.0 Å². The highest BCUT2D eigenvalue weighted by atomic mass is 16.5. The number of ether oxygens (including phenoxy) is 1. The van der Waals surface area contributed by atoms with Gasteiger partial charge in [-0.3, -0.25) is 4.79 Å². The average Bonchev–Trinajstić information content (AvgIpc) is 2.38. The summed E-state index contributed by atoms with van der Waals surface area (Å²) < 4.78 is 5.28. The summed E-state index contributed by atoms with van der Waals surface area (Å²) in [5, 5.41) is 0. The van der Waals surface area contributed by atoms with Crippen LogP contribution in [0.1, 0.15) is 37.8 Å². The van der Waals surface area contributed by atoms with Crippen LogP contribution in [0.25, 0.3) is 0 Å². The van der Waals surface area contributed by atoms with Crippen LogP contribution in [0.15, 0.2) is 18.3 Å². The molecule has 0 aliphatic carbocycles. The maximum atomic E-state index is 11.6. The molecule has 0 spiro atoms. The van der Waals surface area contributed by atoms with Crippen molar-refractivity contribution in [2.24, 2.45) is 0 Å². The van der Waals surface area contributed by atoms with Gasteiger partial charge in [0.25, 0.3) is 0 Å². The maximum Gasteiger partial charge on any atom is 0.219 e. The van der Waals surface area contributed by atoms with Gasteiger partial charge in [-0.2, -0.15) is 0 Å². The molecule has 1 atom stereocenters. The Kier molecular flexibility index (Phi) is 3.61. The molecular formula is C13H18N2O2. The number of methoxy groups -OCH3 is 1. The third kappa shape index (κ3) is 2.40. The van der Waals surface area contributed by atoms with E-state index < -0.39 is 0 Å². The number of rotatable bonds is 2. The van der Waals surface area contributed by atoms with E-state index in [9.17, 15) is 4.79 Å². The number of hydrogen-bond acceptors (Lipinski definition) is 3. The van der Waals surface area contributed by atoms with E-state index in [1.54, 1.807) is 20.2 Å². The summed E-state index contributed by atoms with van der Waals surface area (Å²) >= 11 is 0. The lowest BCUT2D eigenvalue weighted by atomic mass is 9.96. The lowest BCUT2D eigenvalue weighted by Gasteiger charge is -2.35. The Morgan fingerprint density at radius 3 is 3.06 bits per heavy atom. The molecule has 1 fully saturated rings. The minimum absolute atomic E-state index is 0.116. The van der Waals surface area contributed by atoms with Gasteiger partial charge in [-0.05, 0) is 25.3 Å². The van der Waals surface area contributed by atoms with Crippen LogP contribution in [0.2, 0.25) is 0 Å². The molecule has 0 saturated carbocycles. The zero-order valence-corrected chi connectivity index (χ0v) is 10.3. The van der Waals surface area contributed by atoms with Crippen LogP contribution in [0.4, 0.5) is 0 Å². The standard InChI is InChI=1S/C13H18N2O2/c1-10(16)15-9-4-3-7-12(15)11-6-5-8-14-13(11)17-2/h5-6,8,12H,3-4,7,9H2,1-2H3/t12-/m1/s1. The summed E-state index contributed by atoms with van der Waals surface area (Å²) in [5.41, 5.74) is 1.02. The van der Waals surface area contributed by atoms with Crippen LogP contribution < -0.4 is 4.74 Å². The maximum absolute atomic E-state index is 11.6. The molecule has 0 N–H and O–H groups in total. The van der Waals surface area contributed by atoms with Gasteiger partial charge < -0.3 is 9.64 Å². The quantitative estimate of drug-likeness (QED) is 0.787. The van der Waals surface area contributed by atoms with E-state index in [1.165, 1.54) is 0 Å². The van der Waals surface area contributed by atoms with Gasteiger partial charge in [0.15, 0.2) is 0 Å². The molecule has 0 radical (unpaired) electrons. The fourth-order valence-electron chi connectivity index (χ4n) is 2.46. The molecule has 0 bridgehead atoms. The summed E-state index contributed by atoms with van der Waals surface area (Å²) in [6.07, 6.45) is 4.93. The summed E-state index contributed by atoms with van der Waals surface area (Å²) in [6.45, 7) is 2.46. The fourth-order valence-corrected chi connectivity index (χ4v) is 2.46. The second kappa shape index (κ2) is 5.17. The van der Waals surface area contributed by atoms with Crippen molar-refractivity contribution >= 4 is 5.91 Å². The Morgan fingerprint density at radius 1 is 1.53 bits per heavy atom. The number of piperidine rings is 1. The third-order valence-electron chi connectivity index (χ3n) is 3.26. The molecule has 4 heteroatoms. The van der Waals surface area contributed by atoms with Gasteiger partial charge in [0.2, 0.25) is 11.8 Å². The van der Waals surface area contributed by atoms with Crippen molar-refractivity contribution in [3.63, 3.8) is 0 Å². The van der Waals surface area contributed by atoms with Crippen LogP contribution >= 0.6 is 0 Å². The van der Waals surface area contributed by atoms with Crippen molar-refractivity contribution in [2.45, 2.75) is 32.2 Å². The van der Waals surface area contributed by atoms with Crippen LogP contribution in [0.5, 0.6) is 5.88 Å². The molecule has 0 unspecified atom stereocenters. The molecule has 1 amide bonds. The second-order valence-electron chi connectivity index (χ2n) is 4.33. The highest BCUT2D eigenvalue weighted by Gasteiger charge is 2.28. The van der Waals surface area contributed by atoms with E-state index in [4.69, 9.17) is 4.74 Å². The van der Waals surface area contributed by atoms with Gasteiger partial charge in [-0.15, -0.1) is 0 Å². The molecule has 1 aromatic rings. The zero-order valence-electron chi connectivity index (χ0n) is 10.3. The highest BCUT2D eigenvalue weighted by Crippen LogP contribution is 2.34. The highest BCUT2D eigenvalue weighted by molar-refractivity contribution is 5.74. The smallest absolute Gasteiger partial charge is 0.219 e. The molecule has 92 valence electrons. The van der Waals surface area contributed by atoms with Gasteiger partial charge in [0, 0.05) is 25.2 Å². The predicted octanol–water partition coefficient (Wildman–Crippen LogP) is 2.16. The minimum Gasteiger partial charge on any atom is -0.481 e. The zero-order chi connectivity index (χ0) is 12.3. The number of carbonyl (C=O) groups is 1. The number of nitrogens with zero attached hydrogens (tertiary/aromatic N) is 2. The summed E-state index contributed by atoms with van der Waals surface area (Å²) in [4.78, 5) is 17.8. The van der Waals surface area contributed by atoms with Gasteiger partial charge in [-0.25, -0.2) is 4.98 Å². The number of pyridine rings is 1. The van der Waals surface area contributed by atoms with Crippen molar-refractivity contribution in [1.29, 1.82) is 0 Å². The van der Waals surface area contributed by atoms with E-state index >= 15 is 0 Å². The Balaban J connectivity index is 2.32. The summed E-state index contributed by atoms with van der Waals surface area (Å²) in [7, 11) is 1.62. The second-order valence-corrected chi connectivity index (χ2v) is 4.33. The first-order valence-corrected chi connectivity index (χ1v) is 6.00. The van der Waals surface area contributed by atoms with Crippen molar-refractivity contribution < 1.29 is 9.53 Å². The fraction of sp³-hybridized carbons (Fsp3) is 0.538. The van der Waals surface area contributed by atoms with Gasteiger partial charge in [0.05, 0.1) is 13.2 Å². The molecule has 2 rings (SSSR count). The molecule has 1 aliphatic heterocycles. The molecule has 2 heterocycles. The molecule has 17 heavy (non-hydrogen) atoms. The largest absolute Gasteiger partial charge is 0.481 e. The lowest BCUT2D eigenvalue weighted by molar-refractivity contribution is -0.132. The number of hydrogen-bond donors (Lipinski definition) is 0. The first kappa shape index (κ1) is 11.9. The van der Waals surface area contributed by atoms with Crippen LogP contribution in [0, 0.1) is 0 Å². The summed E-state index contributed by atoms with van der Waals surface area (Å²) in [6, 6.07) is 4.01. The Labute approximate surface area is 102 Å². The molecule has 0 aromatic carbocycles. The number of aromatic nitrogens is 1. The molecule has 1 saturated heterocycles. The Morgan fingerprint density at radius 2 is 2.35 bits per heavy atom. The van der Waals surface area contributed by atoms with Gasteiger partial charge in [0.1, 0.15) is 0 Å². The van der Waals surface area contributed by atoms with E-state index in [0.717, 1.165) is 31.4 Å². The monoisotopic (exact) mass is 234 g/mol. The Bertz CT molecular complexity index is 406. The Hall–Kier alpha value is -1.58. The van der Waals surface area contributed by atoms with E-state index in [0.29, 0.717) is 5.88 Å². The molecule has 1 aliphatic rings. The topological polar surface area (TPSA) is 42.4 Å². The third-order valence-corrected chi connectivity index (χ3v) is 3.26. The normalized spacial score (nSPS) is 20.1. The molecule has 4 nitrogen and oxygen atoms in total. The lowest BCUT2D eigenvalue weighted by Crippen LogP contribution is -2.37. The van der Waals surface area contributed by atoms with Gasteiger partial charge >= 0.3 is 0 Å². The molecule has 1 aromatic heterocycles. The number of amides is 1. The van der Waals surface area contributed by atoms with Crippen LogP contribution in [0.3, 0.4) is 0 Å². The first-order valence-electron chi connectivity index (χ1n) is 6.00. The average molecular weight is 234 g/mol. The van der Waals surface area contributed by atoms with Crippen molar-refractivity contribution in [1.82, 2.24) is 9.88 Å². The number of likely N-dealkylation sites (tertiary alicyclic amines) is 1. The van der Waals surface area contributed by atoms with Crippen molar-refractivity contribution in [3.8, 4) is 5.88 Å². The van der Waals surface area contributed by atoms with E-state index in [2.05, 4.69) is 4.98 Å². The van der Waals surface area contributed by atoms with Crippen LogP contribution in [-0.2, 0) is 4.79 Å². The van der Waals surface area contributed by atoms with Crippen molar-refractivity contribution in [3.05, 3.63) is 23.9 Å². The minimum atomic E-state index is 0.116. The molecular weight excluding hydrogens is 216 g/mol. The summed E-state index contributed by atoms with van der Waals surface area (Å²) in [5.74, 6) is 0.756.